The number of carbonyl (C=O) groups is 2. The summed E-state index contributed by atoms with van der Waals surface area (Å²) in [5.74, 6) is -0.391. The van der Waals surface area contributed by atoms with Gasteiger partial charge in [0.1, 0.15) is 5.82 Å². The van der Waals surface area contributed by atoms with E-state index in [1.54, 1.807) is 24.1 Å². The summed E-state index contributed by atoms with van der Waals surface area (Å²) in [7, 11) is 1.73. The smallest absolute Gasteiger partial charge is 0.234 e. The maximum atomic E-state index is 12.7. The Morgan fingerprint density at radius 3 is 2.45 bits per heavy atom. The van der Waals surface area contributed by atoms with Crippen LogP contribution in [0.3, 0.4) is 0 Å². The van der Waals surface area contributed by atoms with Crippen molar-refractivity contribution >= 4 is 11.7 Å². The third kappa shape index (κ3) is 6.43. The summed E-state index contributed by atoms with van der Waals surface area (Å²) >= 11 is 0. The molecule has 0 fully saturated rings. The number of ketones is 1. The van der Waals surface area contributed by atoms with Crippen LogP contribution >= 0.6 is 0 Å². The molecule has 1 aromatic rings. The molecule has 0 spiro atoms. The second kappa shape index (κ2) is 8.43. The fourth-order valence-corrected chi connectivity index (χ4v) is 1.81. The Morgan fingerprint density at radius 1 is 1.20 bits per heavy atom. The highest BCUT2D eigenvalue weighted by atomic mass is 19.1. The van der Waals surface area contributed by atoms with Crippen molar-refractivity contribution in [1.82, 2.24) is 10.2 Å². The second-order valence-corrected chi connectivity index (χ2v) is 4.86. The van der Waals surface area contributed by atoms with Gasteiger partial charge in [0, 0.05) is 13.0 Å². The van der Waals surface area contributed by atoms with Crippen LogP contribution in [-0.4, -0.2) is 43.3 Å². The van der Waals surface area contributed by atoms with Gasteiger partial charge in [-0.1, -0.05) is 19.1 Å². The van der Waals surface area contributed by atoms with Gasteiger partial charge in [0.25, 0.3) is 0 Å². The van der Waals surface area contributed by atoms with Gasteiger partial charge in [-0.05, 0) is 31.2 Å². The first kappa shape index (κ1) is 16.3. The number of nitrogens with zero attached hydrogens (tertiary/aromatic N) is 1. The summed E-state index contributed by atoms with van der Waals surface area (Å²) in [4.78, 5) is 25.0. The van der Waals surface area contributed by atoms with E-state index in [4.69, 9.17) is 0 Å². The highest BCUT2D eigenvalue weighted by Crippen LogP contribution is 2.04. The van der Waals surface area contributed by atoms with E-state index >= 15 is 0 Å². The molecular formula is C15H21FN2O2. The molecule has 0 heterocycles. The Bertz CT molecular complexity index is 446. The van der Waals surface area contributed by atoms with Gasteiger partial charge in [-0.3, -0.25) is 14.5 Å². The van der Waals surface area contributed by atoms with Crippen LogP contribution in [-0.2, 0) is 16.0 Å². The van der Waals surface area contributed by atoms with Crippen molar-refractivity contribution in [2.45, 2.75) is 19.8 Å². The highest BCUT2D eigenvalue weighted by molar-refractivity contribution is 5.84. The van der Waals surface area contributed by atoms with E-state index in [1.807, 2.05) is 6.92 Å². The summed E-state index contributed by atoms with van der Waals surface area (Å²) in [6.45, 7) is 3.04. The van der Waals surface area contributed by atoms with Crippen LogP contribution in [0, 0.1) is 5.82 Å². The molecule has 1 amide bonds. The monoisotopic (exact) mass is 280 g/mol. The molecule has 4 nitrogen and oxygen atoms in total. The Balaban J connectivity index is 2.34. The zero-order valence-corrected chi connectivity index (χ0v) is 12.0. The maximum absolute atomic E-state index is 12.7. The van der Waals surface area contributed by atoms with Crippen LogP contribution in [0.5, 0.6) is 0 Å². The van der Waals surface area contributed by atoms with E-state index in [0.717, 1.165) is 12.0 Å². The highest BCUT2D eigenvalue weighted by Gasteiger charge is 2.11. The average molecular weight is 280 g/mol. The molecule has 0 aliphatic heterocycles. The third-order valence-electron chi connectivity index (χ3n) is 2.75. The standard InChI is InChI=1S/C15H21FN2O2/c1-3-8-17-15(20)11-18(2)10-14(19)9-12-4-6-13(16)7-5-12/h4-7H,3,8-11H2,1-2H3,(H,17,20). The molecule has 5 heteroatoms. The molecule has 0 saturated heterocycles. The molecule has 0 aliphatic rings. The average Bonchev–Trinajstić information content (AvgIpc) is 2.38. The van der Waals surface area contributed by atoms with Crippen LogP contribution in [0.1, 0.15) is 18.9 Å². The van der Waals surface area contributed by atoms with E-state index in [-0.39, 0.29) is 37.0 Å². The fraction of sp³-hybridized carbons (Fsp3) is 0.467. The number of benzene rings is 1. The van der Waals surface area contributed by atoms with Gasteiger partial charge in [0.15, 0.2) is 5.78 Å². The molecule has 110 valence electrons. The molecule has 0 aliphatic carbocycles. The van der Waals surface area contributed by atoms with Gasteiger partial charge >= 0.3 is 0 Å². The lowest BCUT2D eigenvalue weighted by atomic mass is 10.1. The number of halogens is 1. The lowest BCUT2D eigenvalue weighted by molar-refractivity contribution is -0.123. The van der Waals surface area contributed by atoms with E-state index in [9.17, 15) is 14.0 Å². The van der Waals surface area contributed by atoms with Gasteiger partial charge in [-0.15, -0.1) is 0 Å². The predicted molar refractivity (Wildman–Crippen MR) is 75.9 cm³/mol. The number of likely N-dealkylation sites (N-methyl/N-ethyl adjacent to an activating group) is 1. The molecule has 0 bridgehead atoms. The van der Waals surface area contributed by atoms with Gasteiger partial charge in [0.2, 0.25) is 5.91 Å². The van der Waals surface area contributed by atoms with Crippen LogP contribution in [0.4, 0.5) is 4.39 Å². The van der Waals surface area contributed by atoms with Crippen molar-refractivity contribution in [1.29, 1.82) is 0 Å². The minimum absolute atomic E-state index is 0.00222. The van der Waals surface area contributed by atoms with Crippen molar-refractivity contribution in [3.63, 3.8) is 0 Å². The van der Waals surface area contributed by atoms with E-state index < -0.39 is 0 Å². The lowest BCUT2D eigenvalue weighted by Gasteiger charge is -2.15. The number of rotatable bonds is 8. The summed E-state index contributed by atoms with van der Waals surface area (Å²) < 4.78 is 12.7. The molecule has 1 N–H and O–H groups in total. The van der Waals surface area contributed by atoms with E-state index in [2.05, 4.69) is 5.32 Å². The van der Waals surface area contributed by atoms with Gasteiger partial charge < -0.3 is 5.32 Å². The first-order valence-corrected chi connectivity index (χ1v) is 6.72. The SMILES string of the molecule is CCCNC(=O)CN(C)CC(=O)Cc1ccc(F)cc1. The number of hydrogen-bond donors (Lipinski definition) is 1. The zero-order valence-electron chi connectivity index (χ0n) is 12.0. The van der Waals surface area contributed by atoms with Gasteiger partial charge in [0.05, 0.1) is 13.1 Å². The topological polar surface area (TPSA) is 49.4 Å². The summed E-state index contributed by atoms with van der Waals surface area (Å²) in [5, 5.41) is 2.76. The van der Waals surface area contributed by atoms with Crippen molar-refractivity contribution < 1.29 is 14.0 Å². The number of amides is 1. The van der Waals surface area contributed by atoms with Gasteiger partial charge in [-0.25, -0.2) is 4.39 Å². The number of nitrogens with one attached hydrogen (secondary N) is 1. The maximum Gasteiger partial charge on any atom is 0.234 e. The van der Waals surface area contributed by atoms with Crippen molar-refractivity contribution in [2.75, 3.05) is 26.7 Å². The zero-order chi connectivity index (χ0) is 15.0. The number of hydrogen-bond acceptors (Lipinski definition) is 3. The van der Waals surface area contributed by atoms with Crippen LogP contribution in [0.25, 0.3) is 0 Å². The normalized spacial score (nSPS) is 10.6. The predicted octanol–water partition coefficient (Wildman–Crippen LogP) is 1.40. The Labute approximate surface area is 119 Å². The summed E-state index contributed by atoms with van der Waals surface area (Å²) in [5.41, 5.74) is 0.778. The van der Waals surface area contributed by atoms with E-state index in [0.29, 0.717) is 6.54 Å². The van der Waals surface area contributed by atoms with Crippen LogP contribution in [0.15, 0.2) is 24.3 Å². The molecule has 1 aromatic carbocycles. The van der Waals surface area contributed by atoms with Crippen LogP contribution < -0.4 is 5.32 Å². The Morgan fingerprint density at radius 2 is 1.85 bits per heavy atom. The first-order valence-electron chi connectivity index (χ1n) is 6.72. The minimum Gasteiger partial charge on any atom is -0.355 e. The molecule has 0 unspecified atom stereocenters. The molecule has 1 rings (SSSR count). The molecule has 20 heavy (non-hydrogen) atoms. The number of carbonyl (C=O) groups excluding carboxylic acids is 2. The molecule has 0 saturated carbocycles. The second-order valence-electron chi connectivity index (χ2n) is 4.86. The number of Topliss-reactive ketones (excluding diaryl/α,β-unsaturated/α-hetero) is 1. The summed E-state index contributed by atoms with van der Waals surface area (Å²) in [6, 6.07) is 5.87. The Kier molecular flexibility index (Phi) is 6.87. The van der Waals surface area contributed by atoms with Crippen molar-refractivity contribution in [3.8, 4) is 0 Å². The first-order chi connectivity index (χ1) is 9.51. The van der Waals surface area contributed by atoms with Crippen molar-refractivity contribution in [3.05, 3.63) is 35.6 Å². The summed E-state index contributed by atoms with van der Waals surface area (Å²) in [6.07, 6.45) is 1.14. The quantitative estimate of drug-likeness (QED) is 0.783. The largest absolute Gasteiger partial charge is 0.355 e. The van der Waals surface area contributed by atoms with Crippen molar-refractivity contribution in [2.24, 2.45) is 0 Å². The lowest BCUT2D eigenvalue weighted by Crippen LogP contribution is -2.38. The Hall–Kier alpha value is -1.75. The molecular weight excluding hydrogens is 259 g/mol. The molecule has 0 atom stereocenters. The molecule has 0 radical (unpaired) electrons. The fourth-order valence-electron chi connectivity index (χ4n) is 1.81. The van der Waals surface area contributed by atoms with Gasteiger partial charge in [-0.2, -0.15) is 0 Å². The third-order valence-corrected chi connectivity index (χ3v) is 2.75. The molecule has 0 aromatic heterocycles. The minimum atomic E-state index is -0.314. The van der Waals surface area contributed by atoms with E-state index in [1.165, 1.54) is 12.1 Å². The van der Waals surface area contributed by atoms with Crippen LogP contribution in [0.2, 0.25) is 0 Å².